The quantitative estimate of drug-likeness (QED) is 0.420. The zero-order valence-corrected chi connectivity index (χ0v) is 21.8. The maximum absolute atomic E-state index is 13.2. The minimum Gasteiger partial charge on any atom is -0.489 e. The number of hydrogen-bond acceptors (Lipinski definition) is 6. The van der Waals surface area contributed by atoms with Gasteiger partial charge in [0.2, 0.25) is 11.8 Å². The predicted octanol–water partition coefficient (Wildman–Crippen LogP) is 3.89. The highest BCUT2D eigenvalue weighted by molar-refractivity contribution is 5.87. The Morgan fingerprint density at radius 2 is 2.00 bits per heavy atom. The third-order valence-electron chi connectivity index (χ3n) is 7.09. The van der Waals surface area contributed by atoms with Crippen molar-refractivity contribution in [3.8, 4) is 22.8 Å². The van der Waals surface area contributed by atoms with Gasteiger partial charge in [0, 0.05) is 38.2 Å². The Bertz CT molecular complexity index is 1340. The molecule has 1 aliphatic carbocycles. The van der Waals surface area contributed by atoms with E-state index in [9.17, 15) is 18.4 Å². The molecule has 39 heavy (non-hydrogen) atoms. The Balaban J connectivity index is 1.27. The molecule has 2 amide bonds. The fourth-order valence-electron chi connectivity index (χ4n) is 4.84. The van der Waals surface area contributed by atoms with Crippen molar-refractivity contribution < 1.29 is 27.8 Å². The Kier molecular flexibility index (Phi) is 7.76. The molecular weight excluding hydrogens is 508 g/mol. The van der Waals surface area contributed by atoms with Gasteiger partial charge in [-0.3, -0.25) is 19.3 Å². The molecule has 1 saturated heterocycles. The molecule has 1 N–H and O–H groups in total. The van der Waals surface area contributed by atoms with Crippen LogP contribution in [0, 0.1) is 5.92 Å². The lowest BCUT2D eigenvalue weighted by atomic mass is 9.95. The van der Waals surface area contributed by atoms with Gasteiger partial charge in [0.1, 0.15) is 6.04 Å². The van der Waals surface area contributed by atoms with E-state index in [0.717, 1.165) is 29.7 Å². The highest BCUT2D eigenvalue weighted by Gasteiger charge is 2.39. The first-order chi connectivity index (χ1) is 18.8. The normalized spacial score (nSPS) is 18.8. The van der Waals surface area contributed by atoms with Crippen LogP contribution in [0.25, 0.3) is 11.3 Å². The minimum absolute atomic E-state index is 0.0221. The molecule has 2 fully saturated rings. The van der Waals surface area contributed by atoms with Crippen LogP contribution in [0.4, 0.5) is 8.78 Å². The van der Waals surface area contributed by atoms with Gasteiger partial charge in [-0.25, -0.2) is 0 Å². The molecule has 206 valence electrons. The summed E-state index contributed by atoms with van der Waals surface area (Å²) in [6.45, 7) is -0.552. The van der Waals surface area contributed by atoms with Crippen molar-refractivity contribution in [3.05, 3.63) is 60.0 Å². The van der Waals surface area contributed by atoms with E-state index in [0.29, 0.717) is 31.2 Å². The van der Waals surface area contributed by atoms with Crippen LogP contribution in [-0.4, -0.2) is 57.3 Å². The van der Waals surface area contributed by atoms with Gasteiger partial charge in [0.15, 0.2) is 11.5 Å². The van der Waals surface area contributed by atoms with Crippen LogP contribution >= 0.6 is 0 Å². The van der Waals surface area contributed by atoms with Crippen LogP contribution in [0.2, 0.25) is 0 Å². The fraction of sp³-hybridized carbons (Fsp3) is 0.429. The fourth-order valence-corrected chi connectivity index (χ4v) is 4.84. The van der Waals surface area contributed by atoms with Gasteiger partial charge >= 0.3 is 6.61 Å². The van der Waals surface area contributed by atoms with Crippen molar-refractivity contribution in [2.75, 3.05) is 13.2 Å². The van der Waals surface area contributed by atoms with E-state index in [1.807, 2.05) is 31.4 Å². The number of likely N-dealkylation sites (tertiary alicyclic amines) is 1. The molecule has 9 nitrogen and oxygen atoms in total. The summed E-state index contributed by atoms with van der Waals surface area (Å²) in [7, 11) is 1.83. The van der Waals surface area contributed by atoms with Crippen LogP contribution in [0.3, 0.4) is 0 Å². The maximum atomic E-state index is 13.2. The van der Waals surface area contributed by atoms with Gasteiger partial charge in [-0.1, -0.05) is 12.1 Å². The zero-order valence-electron chi connectivity index (χ0n) is 21.8. The summed E-state index contributed by atoms with van der Waals surface area (Å²) in [6, 6.07) is 9.76. The first kappa shape index (κ1) is 26.6. The maximum Gasteiger partial charge on any atom is 0.387 e. The van der Waals surface area contributed by atoms with Gasteiger partial charge in [-0.05, 0) is 55.0 Å². The number of aryl methyl sites for hydroxylation is 1. The number of alkyl halides is 2. The molecule has 1 unspecified atom stereocenters. The zero-order chi connectivity index (χ0) is 27.5. The molecular formula is C28H31F2N5O4. The van der Waals surface area contributed by atoms with Crippen molar-refractivity contribution in [3.63, 3.8) is 0 Å². The summed E-state index contributed by atoms with van der Waals surface area (Å²) >= 11 is 0. The van der Waals surface area contributed by atoms with Gasteiger partial charge in [-0.15, -0.1) is 0 Å². The number of pyridine rings is 1. The number of nitrogens with one attached hydrogen (secondary N) is 1. The third-order valence-corrected chi connectivity index (χ3v) is 7.09. The molecule has 2 atom stereocenters. The summed E-state index contributed by atoms with van der Waals surface area (Å²) in [6.07, 6.45) is 6.10. The minimum atomic E-state index is -2.97. The summed E-state index contributed by atoms with van der Waals surface area (Å²) in [5.41, 5.74) is 3.10. The Morgan fingerprint density at radius 1 is 1.18 bits per heavy atom. The van der Waals surface area contributed by atoms with Crippen molar-refractivity contribution in [1.82, 2.24) is 25.0 Å². The number of nitrogens with zero attached hydrogens (tertiary/aromatic N) is 4. The van der Waals surface area contributed by atoms with Crippen molar-refractivity contribution >= 4 is 11.8 Å². The summed E-state index contributed by atoms with van der Waals surface area (Å²) in [5.74, 6) is 0.00921. The van der Waals surface area contributed by atoms with Crippen LogP contribution in [0.5, 0.6) is 11.5 Å². The summed E-state index contributed by atoms with van der Waals surface area (Å²) in [5, 5.41) is 7.09. The van der Waals surface area contributed by atoms with Crippen molar-refractivity contribution in [2.24, 2.45) is 13.0 Å². The van der Waals surface area contributed by atoms with Gasteiger partial charge in [0.25, 0.3) is 0 Å². The number of benzene rings is 1. The monoisotopic (exact) mass is 539 g/mol. The molecule has 11 heteroatoms. The number of halogens is 2. The van der Waals surface area contributed by atoms with Gasteiger partial charge in [-0.2, -0.15) is 13.9 Å². The molecule has 0 bridgehead atoms. The lowest BCUT2D eigenvalue weighted by Gasteiger charge is -2.22. The lowest BCUT2D eigenvalue weighted by Crippen LogP contribution is -2.45. The molecule has 0 spiro atoms. The van der Waals surface area contributed by atoms with E-state index in [1.165, 1.54) is 13.0 Å². The molecule has 1 aromatic carbocycles. The number of hydrogen-bond donors (Lipinski definition) is 1. The molecule has 3 aromatic rings. The summed E-state index contributed by atoms with van der Waals surface area (Å²) in [4.78, 5) is 31.8. The van der Waals surface area contributed by atoms with E-state index < -0.39 is 12.7 Å². The van der Waals surface area contributed by atoms with Gasteiger partial charge < -0.3 is 19.7 Å². The molecule has 0 radical (unpaired) electrons. The molecule has 5 rings (SSSR count). The van der Waals surface area contributed by atoms with E-state index in [-0.39, 0.29) is 35.8 Å². The smallest absolute Gasteiger partial charge is 0.387 e. The topological polar surface area (TPSA) is 98.6 Å². The number of carbonyl (C=O) groups is 2. The van der Waals surface area contributed by atoms with E-state index in [4.69, 9.17) is 4.74 Å². The number of rotatable bonds is 10. The Labute approximate surface area is 225 Å². The molecule has 3 heterocycles. The van der Waals surface area contributed by atoms with Crippen molar-refractivity contribution in [2.45, 2.75) is 51.3 Å². The molecule has 1 saturated carbocycles. The third kappa shape index (κ3) is 6.52. The molecule has 2 aromatic heterocycles. The van der Waals surface area contributed by atoms with Crippen molar-refractivity contribution in [1.29, 1.82) is 0 Å². The molecule has 1 aliphatic heterocycles. The summed E-state index contributed by atoms with van der Waals surface area (Å²) < 4.78 is 38.0. The average Bonchev–Trinajstić information content (AvgIpc) is 3.45. The average molecular weight is 540 g/mol. The first-order valence-corrected chi connectivity index (χ1v) is 13.0. The highest BCUT2D eigenvalue weighted by Crippen LogP contribution is 2.39. The highest BCUT2D eigenvalue weighted by atomic mass is 19.3. The number of ether oxygens (including phenoxy) is 2. The number of aromatic nitrogens is 3. The number of carbonyl (C=O) groups excluding carboxylic acids is 2. The second kappa shape index (κ2) is 11.4. The Morgan fingerprint density at radius 3 is 2.69 bits per heavy atom. The van der Waals surface area contributed by atoms with Crippen LogP contribution in [0.1, 0.15) is 43.4 Å². The Hall–Kier alpha value is -4.02. The second-order valence-corrected chi connectivity index (χ2v) is 10.1. The van der Waals surface area contributed by atoms with Gasteiger partial charge in [0.05, 0.1) is 30.7 Å². The van der Waals surface area contributed by atoms with E-state index in [2.05, 4.69) is 20.1 Å². The SMILES string of the molecule is CC(=O)N1CC(c2ccc(OC(F)F)c(OCC3CC3)c2)C[C@@H]1C(=O)NCc1cccc(-c2cnn(C)c2)n1. The van der Waals surface area contributed by atoms with E-state index >= 15 is 0 Å². The predicted molar refractivity (Wildman–Crippen MR) is 138 cm³/mol. The lowest BCUT2D eigenvalue weighted by molar-refractivity contribution is -0.136. The number of amides is 2. The standard InChI is InChI=1S/C28H31F2N5O4/c1-17(36)35-15-20(19-8-9-25(39-28(29)30)26(11-19)38-16-18-6-7-18)10-24(35)27(37)31-13-22-4-3-5-23(33-22)21-12-32-34(2)14-21/h3-5,8-9,11-12,14,18,20,24,28H,6-7,10,13,15-16H2,1-2H3,(H,31,37)/t20?,24-/m1/s1. The van der Waals surface area contributed by atoms with E-state index in [1.54, 1.807) is 27.9 Å². The largest absolute Gasteiger partial charge is 0.489 e. The van der Waals surface area contributed by atoms with Crippen LogP contribution in [-0.2, 0) is 23.2 Å². The van der Waals surface area contributed by atoms with Crippen LogP contribution in [0.15, 0.2) is 48.8 Å². The molecule has 2 aliphatic rings. The van der Waals surface area contributed by atoms with Crippen LogP contribution < -0.4 is 14.8 Å². The second-order valence-electron chi connectivity index (χ2n) is 10.1. The first-order valence-electron chi connectivity index (χ1n) is 13.0.